The molecule has 142 valence electrons. The quantitative estimate of drug-likeness (QED) is 0.463. The third-order valence-corrected chi connectivity index (χ3v) is 5.08. The molecule has 2 rings (SSSR count). The van der Waals surface area contributed by atoms with E-state index in [-0.39, 0.29) is 24.3 Å². The monoisotopic (exact) mass is 423 g/mol. The number of nitrogens with zero attached hydrogens (tertiary/aromatic N) is 2. The molecular formula is C19H26BrN3O3. The van der Waals surface area contributed by atoms with Crippen LogP contribution in [-0.4, -0.2) is 60.2 Å². The van der Waals surface area contributed by atoms with Gasteiger partial charge in [0.05, 0.1) is 11.1 Å². The molecule has 26 heavy (non-hydrogen) atoms. The fraction of sp³-hybridized carbons (Fsp3) is 0.526. The Morgan fingerprint density at radius 1 is 1.12 bits per heavy atom. The van der Waals surface area contributed by atoms with Crippen LogP contribution in [0.15, 0.2) is 22.7 Å². The molecule has 0 fully saturated rings. The molecular weight excluding hydrogens is 398 g/mol. The van der Waals surface area contributed by atoms with Crippen LogP contribution in [0.25, 0.3) is 0 Å². The summed E-state index contributed by atoms with van der Waals surface area (Å²) in [6.07, 6.45) is 1.69. The highest BCUT2D eigenvalue weighted by molar-refractivity contribution is 9.10. The summed E-state index contributed by atoms with van der Waals surface area (Å²) in [5.41, 5.74) is 0.851. The maximum atomic E-state index is 12.3. The van der Waals surface area contributed by atoms with Gasteiger partial charge in [0.1, 0.15) is 0 Å². The molecule has 0 saturated carbocycles. The molecule has 1 aromatic carbocycles. The summed E-state index contributed by atoms with van der Waals surface area (Å²) in [5, 5.41) is 2.90. The summed E-state index contributed by atoms with van der Waals surface area (Å²) >= 11 is 3.31. The Balaban J connectivity index is 1.71. The minimum Gasteiger partial charge on any atom is -0.356 e. The number of benzene rings is 1. The maximum absolute atomic E-state index is 12.3. The molecule has 0 saturated heterocycles. The Kier molecular flexibility index (Phi) is 7.78. The molecule has 0 spiro atoms. The minimum atomic E-state index is -0.286. The number of carbonyl (C=O) groups is 3. The van der Waals surface area contributed by atoms with Crippen molar-refractivity contribution in [3.63, 3.8) is 0 Å². The highest BCUT2D eigenvalue weighted by atomic mass is 79.9. The summed E-state index contributed by atoms with van der Waals surface area (Å²) in [5.74, 6) is -0.605. The lowest BCUT2D eigenvalue weighted by Gasteiger charge is -2.17. The van der Waals surface area contributed by atoms with E-state index in [1.165, 1.54) is 4.90 Å². The van der Waals surface area contributed by atoms with Gasteiger partial charge in [0, 0.05) is 24.0 Å². The molecule has 1 heterocycles. The van der Waals surface area contributed by atoms with E-state index in [4.69, 9.17) is 0 Å². The van der Waals surface area contributed by atoms with Gasteiger partial charge in [-0.15, -0.1) is 0 Å². The Labute approximate surface area is 163 Å². The van der Waals surface area contributed by atoms with Gasteiger partial charge in [0.2, 0.25) is 5.91 Å². The third-order valence-electron chi connectivity index (χ3n) is 4.59. The van der Waals surface area contributed by atoms with Crippen molar-refractivity contribution >= 4 is 33.7 Å². The van der Waals surface area contributed by atoms with Crippen LogP contribution in [0, 0.1) is 0 Å². The highest BCUT2D eigenvalue weighted by Crippen LogP contribution is 2.26. The second-order valence-corrected chi connectivity index (χ2v) is 7.20. The number of fused-ring (bicyclic) bond motifs is 1. The Morgan fingerprint density at radius 3 is 2.50 bits per heavy atom. The van der Waals surface area contributed by atoms with Crippen LogP contribution in [0.4, 0.5) is 0 Å². The molecule has 3 amide bonds. The van der Waals surface area contributed by atoms with Crippen molar-refractivity contribution in [1.82, 2.24) is 15.1 Å². The van der Waals surface area contributed by atoms with E-state index in [9.17, 15) is 14.4 Å². The van der Waals surface area contributed by atoms with Crippen molar-refractivity contribution in [3.8, 4) is 0 Å². The number of rotatable bonds is 10. The molecule has 1 aromatic rings. The van der Waals surface area contributed by atoms with Crippen LogP contribution < -0.4 is 5.32 Å². The van der Waals surface area contributed by atoms with Gasteiger partial charge in [0.25, 0.3) is 11.8 Å². The van der Waals surface area contributed by atoms with Crippen molar-refractivity contribution < 1.29 is 14.4 Å². The Bertz CT molecular complexity index is 674. The van der Waals surface area contributed by atoms with Gasteiger partial charge in [-0.05, 0) is 50.7 Å². The SMILES string of the molecule is CCN(CC)CCCNC(=O)CCCN1C(=O)c2ccc(Br)cc2C1=O. The predicted molar refractivity (Wildman–Crippen MR) is 104 cm³/mol. The van der Waals surface area contributed by atoms with Gasteiger partial charge < -0.3 is 10.2 Å². The average Bonchev–Trinajstić information content (AvgIpc) is 2.86. The van der Waals surface area contributed by atoms with E-state index in [2.05, 4.69) is 40.0 Å². The van der Waals surface area contributed by atoms with Gasteiger partial charge in [0.15, 0.2) is 0 Å². The molecule has 0 atom stereocenters. The van der Waals surface area contributed by atoms with E-state index >= 15 is 0 Å². The topological polar surface area (TPSA) is 69.7 Å². The minimum absolute atomic E-state index is 0.0381. The first-order valence-corrected chi connectivity index (χ1v) is 9.92. The fourth-order valence-corrected chi connectivity index (χ4v) is 3.38. The predicted octanol–water partition coefficient (Wildman–Crippen LogP) is 2.67. The van der Waals surface area contributed by atoms with E-state index in [1.807, 2.05) is 0 Å². The average molecular weight is 424 g/mol. The molecule has 0 radical (unpaired) electrons. The lowest BCUT2D eigenvalue weighted by Crippen LogP contribution is -2.32. The zero-order valence-corrected chi connectivity index (χ0v) is 17.0. The standard InChI is InChI=1S/C19H26BrN3O3/c1-3-22(4-2)11-6-10-21-17(24)7-5-12-23-18(25)15-9-8-14(20)13-16(15)19(23)26/h8-9,13H,3-7,10-12H2,1-2H3,(H,21,24). The highest BCUT2D eigenvalue weighted by Gasteiger charge is 2.35. The lowest BCUT2D eigenvalue weighted by molar-refractivity contribution is -0.121. The fourth-order valence-electron chi connectivity index (χ4n) is 3.02. The van der Waals surface area contributed by atoms with Crippen LogP contribution in [-0.2, 0) is 4.79 Å². The number of hydrogen-bond donors (Lipinski definition) is 1. The van der Waals surface area contributed by atoms with Crippen LogP contribution in [0.3, 0.4) is 0 Å². The number of carbonyl (C=O) groups excluding carboxylic acids is 3. The normalized spacial score (nSPS) is 13.5. The van der Waals surface area contributed by atoms with Crippen LogP contribution >= 0.6 is 15.9 Å². The molecule has 1 N–H and O–H groups in total. The van der Waals surface area contributed by atoms with E-state index < -0.39 is 0 Å². The molecule has 0 bridgehead atoms. The van der Waals surface area contributed by atoms with Crippen LogP contribution in [0.5, 0.6) is 0 Å². The maximum Gasteiger partial charge on any atom is 0.261 e. The Hall–Kier alpha value is -1.73. The second kappa shape index (κ2) is 9.83. The molecule has 1 aliphatic heterocycles. The summed E-state index contributed by atoms with van der Waals surface area (Å²) < 4.78 is 0.767. The first-order chi connectivity index (χ1) is 12.5. The molecule has 1 aliphatic rings. The number of amides is 3. The summed E-state index contributed by atoms with van der Waals surface area (Å²) in [7, 11) is 0. The number of hydrogen-bond acceptors (Lipinski definition) is 4. The number of nitrogens with one attached hydrogen (secondary N) is 1. The van der Waals surface area contributed by atoms with Crippen LogP contribution in [0.2, 0.25) is 0 Å². The van der Waals surface area contributed by atoms with E-state index in [0.29, 0.717) is 30.5 Å². The van der Waals surface area contributed by atoms with Crippen molar-refractivity contribution in [2.45, 2.75) is 33.1 Å². The zero-order chi connectivity index (χ0) is 19.1. The van der Waals surface area contributed by atoms with Gasteiger partial charge in [-0.2, -0.15) is 0 Å². The molecule has 7 heteroatoms. The summed E-state index contributed by atoms with van der Waals surface area (Å²) in [4.78, 5) is 40.1. The van der Waals surface area contributed by atoms with Crippen molar-refractivity contribution in [1.29, 1.82) is 0 Å². The van der Waals surface area contributed by atoms with Gasteiger partial charge >= 0.3 is 0 Å². The number of imide groups is 1. The lowest BCUT2D eigenvalue weighted by atomic mass is 10.1. The molecule has 6 nitrogen and oxygen atoms in total. The van der Waals surface area contributed by atoms with Gasteiger partial charge in [-0.3, -0.25) is 19.3 Å². The molecule has 0 aromatic heterocycles. The van der Waals surface area contributed by atoms with E-state index in [1.54, 1.807) is 18.2 Å². The van der Waals surface area contributed by atoms with E-state index in [0.717, 1.165) is 30.5 Å². The second-order valence-electron chi connectivity index (χ2n) is 6.29. The van der Waals surface area contributed by atoms with Crippen molar-refractivity contribution in [2.75, 3.05) is 32.7 Å². The smallest absolute Gasteiger partial charge is 0.261 e. The first kappa shape index (κ1) is 20.6. The summed E-state index contributed by atoms with van der Waals surface area (Å²) in [6, 6.07) is 5.07. The number of halogens is 1. The first-order valence-electron chi connectivity index (χ1n) is 9.12. The van der Waals surface area contributed by atoms with Crippen molar-refractivity contribution in [3.05, 3.63) is 33.8 Å². The van der Waals surface area contributed by atoms with Gasteiger partial charge in [-0.1, -0.05) is 29.8 Å². The Morgan fingerprint density at radius 2 is 1.81 bits per heavy atom. The molecule has 0 unspecified atom stereocenters. The van der Waals surface area contributed by atoms with Crippen molar-refractivity contribution in [2.24, 2.45) is 0 Å². The molecule has 0 aliphatic carbocycles. The van der Waals surface area contributed by atoms with Gasteiger partial charge in [-0.25, -0.2) is 0 Å². The largest absolute Gasteiger partial charge is 0.356 e. The zero-order valence-electron chi connectivity index (χ0n) is 15.4. The third kappa shape index (κ3) is 5.14. The van der Waals surface area contributed by atoms with Crippen LogP contribution in [0.1, 0.15) is 53.8 Å². The summed E-state index contributed by atoms with van der Waals surface area (Å²) in [6.45, 7) is 8.16.